The Morgan fingerprint density at radius 1 is 1.10 bits per heavy atom. The van der Waals surface area contributed by atoms with Gasteiger partial charge in [0.25, 0.3) is 0 Å². The van der Waals surface area contributed by atoms with Crippen molar-refractivity contribution in [3.05, 3.63) is 29.3 Å². The van der Waals surface area contributed by atoms with E-state index in [-0.39, 0.29) is 18.3 Å². The van der Waals surface area contributed by atoms with Crippen LogP contribution in [-0.4, -0.2) is 43.6 Å². The summed E-state index contributed by atoms with van der Waals surface area (Å²) >= 11 is 0. The molecule has 3 atom stereocenters. The van der Waals surface area contributed by atoms with E-state index in [4.69, 9.17) is 14.2 Å². The van der Waals surface area contributed by atoms with Crippen molar-refractivity contribution < 1.29 is 19.0 Å². The summed E-state index contributed by atoms with van der Waals surface area (Å²) in [6.07, 6.45) is 12.3. The van der Waals surface area contributed by atoms with Gasteiger partial charge in [-0.3, -0.25) is 0 Å². The maximum absolute atomic E-state index is 12.0. The fourth-order valence-corrected chi connectivity index (χ4v) is 7.28. The predicted octanol–water partition coefficient (Wildman–Crippen LogP) is 5.59. The number of rotatable bonds is 4. The molecule has 2 bridgehead atoms. The molecule has 4 aliphatic rings. The molecule has 1 aromatic rings. The van der Waals surface area contributed by atoms with E-state index in [0.717, 1.165) is 37.9 Å². The van der Waals surface area contributed by atoms with Gasteiger partial charge in [-0.2, -0.15) is 0 Å². The molecule has 5 rings (SSSR count). The Balaban J connectivity index is 1.28. The first-order valence-electron chi connectivity index (χ1n) is 12.3. The molecule has 31 heavy (non-hydrogen) atoms. The maximum atomic E-state index is 12.0. The van der Waals surface area contributed by atoms with Gasteiger partial charge in [-0.25, -0.2) is 4.79 Å². The molecular weight excluding hydrogens is 390 g/mol. The Morgan fingerprint density at radius 2 is 1.90 bits per heavy atom. The smallest absolute Gasteiger partial charge is 0.457 e. The van der Waals surface area contributed by atoms with Crippen molar-refractivity contribution in [1.29, 1.82) is 0 Å². The molecule has 2 saturated carbocycles. The van der Waals surface area contributed by atoms with Gasteiger partial charge in [-0.1, -0.05) is 32.3 Å². The van der Waals surface area contributed by atoms with Crippen LogP contribution in [0.25, 0.3) is 0 Å². The van der Waals surface area contributed by atoms with Gasteiger partial charge >= 0.3 is 6.16 Å². The van der Waals surface area contributed by atoms with E-state index >= 15 is 0 Å². The zero-order valence-corrected chi connectivity index (χ0v) is 19.2. The molecule has 0 spiro atoms. The zero-order valence-electron chi connectivity index (χ0n) is 19.2. The van der Waals surface area contributed by atoms with Crippen LogP contribution in [-0.2, 0) is 21.3 Å². The lowest BCUT2D eigenvalue weighted by atomic mass is 9.45. The van der Waals surface area contributed by atoms with Gasteiger partial charge in [0.05, 0.1) is 0 Å². The van der Waals surface area contributed by atoms with Crippen LogP contribution in [0.1, 0.15) is 82.3 Å². The Hall–Kier alpha value is -1.75. The second-order valence-corrected chi connectivity index (χ2v) is 10.5. The fourth-order valence-electron chi connectivity index (χ4n) is 7.28. The average molecular weight is 428 g/mol. The largest absolute Gasteiger partial charge is 0.511 e. The summed E-state index contributed by atoms with van der Waals surface area (Å²) in [5.41, 5.74) is 3.53. The molecular formula is C26H37NO4. The number of likely N-dealkylation sites (N-methyl/N-ethyl adjacent to an activating group) is 1. The van der Waals surface area contributed by atoms with Crippen molar-refractivity contribution in [3.63, 3.8) is 0 Å². The van der Waals surface area contributed by atoms with E-state index in [9.17, 15) is 4.79 Å². The summed E-state index contributed by atoms with van der Waals surface area (Å²) in [6, 6.07) is 7.15. The Labute approximate surface area is 186 Å². The summed E-state index contributed by atoms with van der Waals surface area (Å²) in [5.74, 6) is 0.795. The lowest BCUT2D eigenvalue weighted by molar-refractivity contribution is -0.0737. The highest BCUT2D eigenvalue weighted by molar-refractivity contribution is 5.60. The normalized spacial score (nSPS) is 33.2. The van der Waals surface area contributed by atoms with Crippen LogP contribution in [0.2, 0.25) is 0 Å². The molecule has 0 N–H and O–H groups in total. The second-order valence-electron chi connectivity index (χ2n) is 10.5. The molecule has 1 aliphatic heterocycles. The maximum Gasteiger partial charge on any atom is 0.511 e. The summed E-state index contributed by atoms with van der Waals surface area (Å²) in [6.45, 7) is 3.61. The van der Waals surface area contributed by atoms with Crippen molar-refractivity contribution in [3.8, 4) is 5.75 Å². The summed E-state index contributed by atoms with van der Waals surface area (Å²) < 4.78 is 16.5. The van der Waals surface area contributed by atoms with Gasteiger partial charge in [-0.15, -0.1) is 0 Å². The van der Waals surface area contributed by atoms with Crippen molar-refractivity contribution in [2.24, 2.45) is 5.41 Å². The first-order valence-corrected chi connectivity index (χ1v) is 12.3. The van der Waals surface area contributed by atoms with Crippen LogP contribution in [0.5, 0.6) is 5.75 Å². The number of fused-ring (bicyclic) bond motifs is 1. The number of nitrogens with zero attached hydrogens (tertiary/aromatic N) is 1. The van der Waals surface area contributed by atoms with Crippen LogP contribution >= 0.6 is 0 Å². The Bertz CT molecular complexity index is 820. The van der Waals surface area contributed by atoms with Gasteiger partial charge in [0.2, 0.25) is 6.79 Å². The van der Waals surface area contributed by atoms with E-state index < -0.39 is 6.16 Å². The third-order valence-corrected chi connectivity index (χ3v) is 9.03. The van der Waals surface area contributed by atoms with E-state index in [1.54, 1.807) is 0 Å². The molecule has 3 fully saturated rings. The van der Waals surface area contributed by atoms with E-state index in [1.807, 2.05) is 6.07 Å². The first-order chi connectivity index (χ1) is 15.0. The van der Waals surface area contributed by atoms with Crippen molar-refractivity contribution in [1.82, 2.24) is 4.90 Å². The molecule has 5 heteroatoms. The minimum atomic E-state index is -0.610. The average Bonchev–Trinajstić information content (AvgIpc) is 2.77. The van der Waals surface area contributed by atoms with E-state index in [2.05, 4.69) is 31.0 Å². The number of carbonyl (C=O) groups is 1. The number of piperidine rings is 1. The molecule has 1 saturated heterocycles. The number of ether oxygens (including phenoxy) is 3. The first kappa shape index (κ1) is 21.1. The lowest BCUT2D eigenvalue weighted by Crippen LogP contribution is -2.66. The van der Waals surface area contributed by atoms with Gasteiger partial charge < -0.3 is 19.1 Å². The quantitative estimate of drug-likeness (QED) is 0.463. The molecule has 170 valence electrons. The number of carbonyl (C=O) groups excluding carboxylic acids is 1. The topological polar surface area (TPSA) is 48.0 Å². The predicted molar refractivity (Wildman–Crippen MR) is 119 cm³/mol. The van der Waals surface area contributed by atoms with Crippen LogP contribution in [0, 0.1) is 5.41 Å². The number of benzene rings is 1. The molecule has 0 aromatic heterocycles. The monoisotopic (exact) mass is 427 g/mol. The third-order valence-electron chi connectivity index (χ3n) is 9.03. The standard InChI is InChI=1S/C26H37NO4/c1-25-12-6-7-13-26(25)14-15-27(2)23(25)16-19-10-11-21(17-22(19)26)29-18-30-24(28)31-20-8-4-3-5-9-20/h10-11,17,20,23H,3-9,12-16,18H2,1-2H3/t23-,25+,26+/m0/s1. The minimum Gasteiger partial charge on any atom is -0.457 e. The molecule has 1 aromatic carbocycles. The summed E-state index contributed by atoms with van der Waals surface area (Å²) in [7, 11) is 2.31. The molecule has 0 radical (unpaired) electrons. The third kappa shape index (κ3) is 3.63. The van der Waals surface area contributed by atoms with Gasteiger partial charge in [0.1, 0.15) is 11.9 Å². The van der Waals surface area contributed by atoms with Crippen LogP contribution < -0.4 is 4.74 Å². The fraction of sp³-hybridized carbons (Fsp3) is 0.731. The van der Waals surface area contributed by atoms with Gasteiger partial charge in [-0.05, 0) is 93.6 Å². The van der Waals surface area contributed by atoms with E-state index in [1.165, 1.54) is 56.2 Å². The Kier molecular flexibility index (Phi) is 5.66. The van der Waals surface area contributed by atoms with Crippen molar-refractivity contribution >= 4 is 6.16 Å². The molecule has 0 unspecified atom stereocenters. The van der Waals surface area contributed by atoms with Crippen molar-refractivity contribution in [2.45, 2.75) is 95.1 Å². The van der Waals surface area contributed by atoms with Crippen LogP contribution in [0.15, 0.2) is 18.2 Å². The number of hydrogen-bond acceptors (Lipinski definition) is 5. The zero-order chi connectivity index (χ0) is 21.5. The molecule has 1 heterocycles. The Morgan fingerprint density at radius 3 is 2.74 bits per heavy atom. The lowest BCUT2D eigenvalue weighted by Gasteiger charge is -2.65. The van der Waals surface area contributed by atoms with E-state index in [0.29, 0.717) is 11.5 Å². The van der Waals surface area contributed by atoms with Crippen LogP contribution in [0.3, 0.4) is 0 Å². The SMILES string of the molecule is CN1CC[C@@]23CCCC[C@]2(C)[C@@H]1Cc1ccc(OCOC(=O)OC2CCCCC2)cc13. The van der Waals surface area contributed by atoms with Gasteiger partial charge in [0.15, 0.2) is 0 Å². The number of hydrogen-bond donors (Lipinski definition) is 0. The van der Waals surface area contributed by atoms with Crippen LogP contribution in [0.4, 0.5) is 4.79 Å². The molecule has 5 nitrogen and oxygen atoms in total. The minimum absolute atomic E-state index is 0.00505. The highest BCUT2D eigenvalue weighted by atomic mass is 16.8. The highest BCUT2D eigenvalue weighted by Crippen LogP contribution is 2.62. The summed E-state index contributed by atoms with van der Waals surface area (Å²) in [4.78, 5) is 14.6. The molecule has 3 aliphatic carbocycles. The van der Waals surface area contributed by atoms with Crippen molar-refractivity contribution in [2.75, 3.05) is 20.4 Å². The van der Waals surface area contributed by atoms with Gasteiger partial charge in [0, 0.05) is 11.5 Å². The highest BCUT2D eigenvalue weighted by Gasteiger charge is 2.60. The summed E-state index contributed by atoms with van der Waals surface area (Å²) in [5, 5.41) is 0. The molecule has 0 amide bonds. The number of likely N-dealkylation sites (tertiary alicyclic amines) is 1. The second kappa shape index (κ2) is 8.31.